The summed E-state index contributed by atoms with van der Waals surface area (Å²) in [6.07, 6.45) is 9.51. The van der Waals surface area contributed by atoms with Crippen LogP contribution in [-0.4, -0.2) is 6.54 Å². The van der Waals surface area contributed by atoms with Crippen molar-refractivity contribution in [2.75, 3.05) is 6.54 Å². The lowest BCUT2D eigenvalue weighted by Gasteiger charge is -2.24. The smallest absolute Gasteiger partial charge is 0.0468 e. The molecule has 20 heavy (non-hydrogen) atoms. The van der Waals surface area contributed by atoms with Gasteiger partial charge in [0, 0.05) is 16.1 Å². The topological polar surface area (TPSA) is 12.0 Å². The Hall–Kier alpha value is -0.240. The van der Waals surface area contributed by atoms with Gasteiger partial charge in [-0.1, -0.05) is 74.7 Å². The van der Waals surface area contributed by atoms with Crippen LogP contribution < -0.4 is 5.32 Å². The highest BCUT2D eigenvalue weighted by atomic mass is 35.5. The maximum Gasteiger partial charge on any atom is 0.0468 e. The fraction of sp³-hybridized carbons (Fsp3) is 0.647. The molecule has 0 saturated heterocycles. The summed E-state index contributed by atoms with van der Waals surface area (Å²) in [5, 5.41) is 5.10. The molecule has 1 aliphatic carbocycles. The Bertz CT molecular complexity index is 411. The van der Waals surface area contributed by atoms with E-state index in [9.17, 15) is 0 Å². The third-order valence-corrected chi connectivity index (χ3v) is 4.89. The van der Waals surface area contributed by atoms with Gasteiger partial charge in [-0.3, -0.25) is 0 Å². The molecule has 1 saturated carbocycles. The number of benzene rings is 1. The first-order valence-electron chi connectivity index (χ1n) is 7.89. The molecule has 1 fully saturated rings. The van der Waals surface area contributed by atoms with Gasteiger partial charge in [0.2, 0.25) is 0 Å². The van der Waals surface area contributed by atoms with Gasteiger partial charge in [0.25, 0.3) is 0 Å². The van der Waals surface area contributed by atoms with Crippen LogP contribution in [0.5, 0.6) is 0 Å². The molecular weight excluding hydrogens is 289 g/mol. The molecular formula is C17H25Cl2N. The van der Waals surface area contributed by atoms with Gasteiger partial charge in [-0.2, -0.15) is 0 Å². The number of hydrogen-bond donors (Lipinski definition) is 1. The van der Waals surface area contributed by atoms with E-state index >= 15 is 0 Å². The fourth-order valence-corrected chi connectivity index (χ4v) is 3.82. The van der Waals surface area contributed by atoms with Gasteiger partial charge in [-0.25, -0.2) is 0 Å². The number of rotatable bonds is 5. The Morgan fingerprint density at radius 3 is 2.45 bits per heavy atom. The predicted octanol–water partition coefficient (Wildman–Crippen LogP) is 6.00. The Labute approximate surface area is 133 Å². The van der Waals surface area contributed by atoms with E-state index in [-0.39, 0.29) is 0 Å². The summed E-state index contributed by atoms with van der Waals surface area (Å²) >= 11 is 12.4. The Kier molecular flexibility index (Phi) is 6.67. The average Bonchev–Trinajstić information content (AvgIpc) is 2.67. The van der Waals surface area contributed by atoms with E-state index in [2.05, 4.69) is 18.3 Å². The van der Waals surface area contributed by atoms with Crippen molar-refractivity contribution in [2.24, 2.45) is 5.92 Å². The van der Waals surface area contributed by atoms with E-state index in [0.29, 0.717) is 11.1 Å². The first-order valence-corrected chi connectivity index (χ1v) is 8.64. The third-order valence-electron chi connectivity index (χ3n) is 4.33. The van der Waals surface area contributed by atoms with E-state index in [1.165, 1.54) is 50.5 Å². The van der Waals surface area contributed by atoms with Crippen molar-refractivity contribution >= 4 is 23.2 Å². The van der Waals surface area contributed by atoms with Crippen LogP contribution in [0.15, 0.2) is 18.2 Å². The number of hydrogen-bond acceptors (Lipinski definition) is 1. The minimum atomic E-state index is 0.355. The molecule has 0 aromatic heterocycles. The first-order chi connectivity index (χ1) is 9.70. The molecule has 1 aliphatic rings. The first kappa shape index (κ1) is 16.1. The fourth-order valence-electron chi connectivity index (χ4n) is 3.28. The average molecular weight is 314 g/mol. The van der Waals surface area contributed by atoms with E-state index in [0.717, 1.165) is 17.5 Å². The molecule has 112 valence electrons. The van der Waals surface area contributed by atoms with Crippen LogP contribution in [0.3, 0.4) is 0 Å². The maximum atomic E-state index is 6.39. The van der Waals surface area contributed by atoms with Crippen molar-refractivity contribution in [1.29, 1.82) is 0 Å². The summed E-state index contributed by atoms with van der Waals surface area (Å²) in [7, 11) is 0. The molecule has 3 heteroatoms. The summed E-state index contributed by atoms with van der Waals surface area (Å²) in [5.41, 5.74) is 1.20. The van der Waals surface area contributed by atoms with Gasteiger partial charge < -0.3 is 5.32 Å². The molecule has 0 heterocycles. The minimum absolute atomic E-state index is 0.355. The third kappa shape index (κ3) is 4.65. The molecule has 2 rings (SSSR count). The minimum Gasteiger partial charge on any atom is -0.310 e. The van der Waals surface area contributed by atoms with Crippen molar-refractivity contribution in [3.05, 3.63) is 33.8 Å². The highest BCUT2D eigenvalue weighted by Crippen LogP contribution is 2.34. The Morgan fingerprint density at radius 1 is 1.15 bits per heavy atom. The maximum absolute atomic E-state index is 6.39. The molecule has 1 nitrogen and oxygen atoms in total. The lowest BCUT2D eigenvalue weighted by molar-refractivity contribution is 0.360. The zero-order chi connectivity index (χ0) is 14.4. The van der Waals surface area contributed by atoms with Gasteiger partial charge in [0.05, 0.1) is 0 Å². The summed E-state index contributed by atoms with van der Waals surface area (Å²) in [4.78, 5) is 0. The SMILES string of the molecule is CCNC(CC1CCCCCC1)c1ccc(Cl)cc1Cl. The summed E-state index contributed by atoms with van der Waals surface area (Å²) in [6.45, 7) is 3.13. The summed E-state index contributed by atoms with van der Waals surface area (Å²) in [5.74, 6) is 0.827. The molecule has 1 atom stereocenters. The van der Waals surface area contributed by atoms with Crippen LogP contribution in [0.4, 0.5) is 0 Å². The molecule has 0 bridgehead atoms. The molecule has 1 aromatic rings. The van der Waals surface area contributed by atoms with Crippen molar-refractivity contribution in [3.8, 4) is 0 Å². The van der Waals surface area contributed by atoms with Gasteiger partial charge in [0.15, 0.2) is 0 Å². The monoisotopic (exact) mass is 313 g/mol. The molecule has 0 amide bonds. The van der Waals surface area contributed by atoms with E-state index in [4.69, 9.17) is 23.2 Å². The van der Waals surface area contributed by atoms with Crippen LogP contribution in [0, 0.1) is 5.92 Å². The zero-order valence-electron chi connectivity index (χ0n) is 12.3. The van der Waals surface area contributed by atoms with Crippen LogP contribution in [-0.2, 0) is 0 Å². The molecule has 0 aliphatic heterocycles. The standard InChI is InChI=1S/C17H25Cl2N/c1-2-20-17(11-13-7-5-3-4-6-8-13)15-10-9-14(18)12-16(15)19/h9-10,12-13,17,20H,2-8,11H2,1H3. The van der Waals surface area contributed by atoms with Gasteiger partial charge in [0.1, 0.15) is 0 Å². The van der Waals surface area contributed by atoms with Crippen molar-refractivity contribution < 1.29 is 0 Å². The normalized spacial score (nSPS) is 18.8. The summed E-state index contributed by atoms with van der Waals surface area (Å²) < 4.78 is 0. The second kappa shape index (κ2) is 8.26. The highest BCUT2D eigenvalue weighted by Gasteiger charge is 2.20. The Morgan fingerprint density at radius 2 is 1.85 bits per heavy atom. The van der Waals surface area contributed by atoms with Gasteiger partial charge in [-0.15, -0.1) is 0 Å². The molecule has 1 aromatic carbocycles. The lowest BCUT2D eigenvalue weighted by atomic mass is 9.89. The van der Waals surface area contributed by atoms with Crippen molar-refractivity contribution in [2.45, 2.75) is 57.9 Å². The van der Waals surface area contributed by atoms with Crippen LogP contribution >= 0.6 is 23.2 Å². The lowest BCUT2D eigenvalue weighted by Crippen LogP contribution is -2.23. The van der Waals surface area contributed by atoms with Crippen molar-refractivity contribution in [1.82, 2.24) is 5.32 Å². The zero-order valence-corrected chi connectivity index (χ0v) is 13.8. The number of nitrogens with one attached hydrogen (secondary N) is 1. The Balaban J connectivity index is 2.08. The van der Waals surface area contributed by atoms with Gasteiger partial charge >= 0.3 is 0 Å². The van der Waals surface area contributed by atoms with E-state index < -0.39 is 0 Å². The molecule has 1 unspecified atom stereocenters. The predicted molar refractivity (Wildman–Crippen MR) is 88.7 cm³/mol. The van der Waals surface area contributed by atoms with E-state index in [1.807, 2.05) is 12.1 Å². The largest absolute Gasteiger partial charge is 0.310 e. The van der Waals surface area contributed by atoms with Gasteiger partial charge in [-0.05, 0) is 36.6 Å². The second-order valence-electron chi connectivity index (χ2n) is 5.87. The second-order valence-corrected chi connectivity index (χ2v) is 6.71. The highest BCUT2D eigenvalue weighted by molar-refractivity contribution is 6.35. The molecule has 0 radical (unpaired) electrons. The van der Waals surface area contributed by atoms with Crippen LogP contribution in [0.25, 0.3) is 0 Å². The number of halogens is 2. The molecule has 0 spiro atoms. The quantitative estimate of drug-likeness (QED) is 0.657. The summed E-state index contributed by atoms with van der Waals surface area (Å²) in [6, 6.07) is 6.23. The van der Waals surface area contributed by atoms with Crippen LogP contribution in [0.2, 0.25) is 10.0 Å². The van der Waals surface area contributed by atoms with Crippen molar-refractivity contribution in [3.63, 3.8) is 0 Å². The molecule has 1 N–H and O–H groups in total. The van der Waals surface area contributed by atoms with E-state index in [1.54, 1.807) is 0 Å². The van der Waals surface area contributed by atoms with Crippen LogP contribution in [0.1, 0.15) is 63.5 Å².